The maximum absolute atomic E-state index is 14.7. The number of carbonyl (C=O) groups is 2. The summed E-state index contributed by atoms with van der Waals surface area (Å²) in [5, 5.41) is 5.16. The number of hydrogen-bond donors (Lipinski definition) is 2. The van der Waals surface area contributed by atoms with Crippen LogP contribution in [0.1, 0.15) is 40.0 Å². The van der Waals surface area contributed by atoms with Crippen LogP contribution in [0, 0.1) is 18.2 Å². The van der Waals surface area contributed by atoms with E-state index in [9.17, 15) is 27.2 Å². The van der Waals surface area contributed by atoms with E-state index in [1.165, 1.54) is 44.0 Å². The number of aryl methyl sites for hydroxylation is 1. The molecule has 0 aliphatic carbocycles. The van der Waals surface area contributed by atoms with Crippen LogP contribution in [-0.2, 0) is 22.3 Å². The zero-order valence-electron chi connectivity index (χ0n) is 19.7. The summed E-state index contributed by atoms with van der Waals surface area (Å²) in [4.78, 5) is 37.3. The van der Waals surface area contributed by atoms with Crippen LogP contribution in [0.15, 0.2) is 49.2 Å². The van der Waals surface area contributed by atoms with Gasteiger partial charge in [-0.05, 0) is 25.5 Å². The normalized spacial score (nSPS) is 17.4. The maximum Gasteiger partial charge on any atom is 0.418 e. The Bertz CT molecular complexity index is 1300. The van der Waals surface area contributed by atoms with Gasteiger partial charge in [-0.1, -0.05) is 11.6 Å². The quantitative estimate of drug-likeness (QED) is 0.338. The van der Waals surface area contributed by atoms with E-state index in [0.29, 0.717) is 12.0 Å². The van der Waals surface area contributed by atoms with E-state index < -0.39 is 28.9 Å². The molecule has 1 fully saturated rings. The first kappa shape index (κ1) is 26.1. The van der Waals surface area contributed by atoms with E-state index in [1.807, 2.05) is 0 Å². The van der Waals surface area contributed by atoms with E-state index >= 15 is 0 Å². The summed E-state index contributed by atoms with van der Waals surface area (Å²) in [6.07, 6.45) is 0.756. The number of benzene rings is 1. The molecule has 1 aliphatic rings. The molecule has 37 heavy (non-hydrogen) atoms. The highest BCUT2D eigenvalue weighted by Crippen LogP contribution is 2.37. The van der Waals surface area contributed by atoms with Crippen LogP contribution >= 0.6 is 0 Å². The highest BCUT2D eigenvalue weighted by atomic mass is 19.4. The van der Waals surface area contributed by atoms with Crippen molar-refractivity contribution in [2.75, 3.05) is 18.5 Å². The molecular formula is C25H23F4N5O3. The number of aromatic nitrogens is 3. The molecule has 4 rings (SSSR count). The van der Waals surface area contributed by atoms with Gasteiger partial charge in [-0.3, -0.25) is 14.6 Å². The van der Waals surface area contributed by atoms with E-state index in [4.69, 9.17) is 4.74 Å². The lowest BCUT2D eigenvalue weighted by molar-refractivity contribution is -0.137. The SMILES string of the molecule is Cc1ccc(Nc2cnc(CNC(=O)[C@]3(CC(=O)c4cncnc4)CCOC3)c(F)c2)c(C(F)(F)F)c1. The van der Waals surface area contributed by atoms with Gasteiger partial charge < -0.3 is 15.4 Å². The van der Waals surface area contributed by atoms with Crippen molar-refractivity contribution >= 4 is 23.1 Å². The number of rotatable bonds is 8. The molecule has 8 nitrogen and oxygen atoms in total. The summed E-state index contributed by atoms with van der Waals surface area (Å²) in [5.74, 6) is -1.64. The van der Waals surface area contributed by atoms with E-state index in [1.54, 1.807) is 0 Å². The number of carbonyl (C=O) groups excluding carboxylic acids is 2. The number of alkyl halides is 3. The summed E-state index contributed by atoms with van der Waals surface area (Å²) in [6.45, 7) is 1.57. The van der Waals surface area contributed by atoms with Gasteiger partial charge in [0.15, 0.2) is 5.78 Å². The highest BCUT2D eigenvalue weighted by Gasteiger charge is 2.44. The minimum atomic E-state index is -4.60. The average molecular weight is 517 g/mol. The molecule has 0 radical (unpaired) electrons. The lowest BCUT2D eigenvalue weighted by Crippen LogP contribution is -2.43. The molecule has 2 N–H and O–H groups in total. The third kappa shape index (κ3) is 6.08. The van der Waals surface area contributed by atoms with Crippen LogP contribution in [0.25, 0.3) is 0 Å². The average Bonchev–Trinajstić information content (AvgIpc) is 3.34. The van der Waals surface area contributed by atoms with Crippen molar-refractivity contribution in [1.82, 2.24) is 20.3 Å². The Morgan fingerprint density at radius 3 is 2.54 bits per heavy atom. The number of pyridine rings is 1. The monoisotopic (exact) mass is 517 g/mol. The lowest BCUT2D eigenvalue weighted by atomic mass is 9.80. The van der Waals surface area contributed by atoms with Gasteiger partial charge >= 0.3 is 6.18 Å². The molecule has 194 valence electrons. The molecule has 0 spiro atoms. The van der Waals surface area contributed by atoms with Crippen LogP contribution in [0.2, 0.25) is 0 Å². The molecule has 1 aliphatic heterocycles. The van der Waals surface area contributed by atoms with Gasteiger partial charge in [-0.25, -0.2) is 14.4 Å². The number of ketones is 1. The minimum Gasteiger partial charge on any atom is -0.380 e. The zero-order valence-corrected chi connectivity index (χ0v) is 19.7. The van der Waals surface area contributed by atoms with Crippen LogP contribution in [0.3, 0.4) is 0 Å². The second-order valence-electron chi connectivity index (χ2n) is 8.82. The molecule has 1 amide bonds. The predicted molar refractivity (Wildman–Crippen MR) is 124 cm³/mol. The summed E-state index contributed by atoms with van der Waals surface area (Å²) < 4.78 is 60.3. The minimum absolute atomic E-state index is 0.0123. The van der Waals surface area contributed by atoms with Gasteiger partial charge in [-0.2, -0.15) is 13.2 Å². The fourth-order valence-corrected chi connectivity index (χ4v) is 4.03. The van der Waals surface area contributed by atoms with Gasteiger partial charge in [0.1, 0.15) is 12.1 Å². The largest absolute Gasteiger partial charge is 0.418 e. The maximum atomic E-state index is 14.7. The van der Waals surface area contributed by atoms with Gasteiger partial charge in [-0.15, -0.1) is 0 Å². The Balaban J connectivity index is 1.44. The van der Waals surface area contributed by atoms with E-state index in [0.717, 1.165) is 12.1 Å². The number of hydrogen-bond acceptors (Lipinski definition) is 7. The predicted octanol–water partition coefficient (Wildman–Crippen LogP) is 4.38. The molecule has 1 saturated heterocycles. The molecule has 1 atom stereocenters. The number of halogens is 4. The highest BCUT2D eigenvalue weighted by molar-refractivity contribution is 5.99. The fourth-order valence-electron chi connectivity index (χ4n) is 4.03. The number of nitrogens with one attached hydrogen (secondary N) is 2. The fraction of sp³-hybridized carbons (Fsp3) is 0.320. The molecule has 0 bridgehead atoms. The van der Waals surface area contributed by atoms with Crippen LogP contribution in [0.5, 0.6) is 0 Å². The van der Waals surface area contributed by atoms with Crippen molar-refractivity contribution in [3.8, 4) is 0 Å². The molecule has 3 heterocycles. The second kappa shape index (κ2) is 10.6. The van der Waals surface area contributed by atoms with Crippen molar-refractivity contribution < 1.29 is 31.9 Å². The molecule has 1 aromatic carbocycles. The van der Waals surface area contributed by atoms with E-state index in [-0.39, 0.29) is 54.6 Å². The summed E-state index contributed by atoms with van der Waals surface area (Å²) >= 11 is 0. The third-order valence-electron chi connectivity index (χ3n) is 6.06. The molecule has 0 unspecified atom stereocenters. The van der Waals surface area contributed by atoms with Crippen molar-refractivity contribution in [2.45, 2.75) is 32.5 Å². The summed E-state index contributed by atoms with van der Waals surface area (Å²) in [7, 11) is 0. The molecule has 3 aromatic rings. The van der Waals surface area contributed by atoms with Crippen LogP contribution in [0.4, 0.5) is 28.9 Å². The third-order valence-corrected chi connectivity index (χ3v) is 6.06. The lowest BCUT2D eigenvalue weighted by Gasteiger charge is -2.25. The first-order valence-corrected chi connectivity index (χ1v) is 11.3. The number of amides is 1. The molecular weight excluding hydrogens is 494 g/mol. The second-order valence-corrected chi connectivity index (χ2v) is 8.82. The number of anilines is 2. The molecule has 2 aromatic heterocycles. The topological polar surface area (TPSA) is 106 Å². The summed E-state index contributed by atoms with van der Waals surface area (Å²) in [5.41, 5.74) is -1.67. The smallest absolute Gasteiger partial charge is 0.380 e. The van der Waals surface area contributed by atoms with Gasteiger partial charge in [0.05, 0.1) is 53.0 Å². The van der Waals surface area contributed by atoms with Gasteiger partial charge in [0.2, 0.25) is 5.91 Å². The number of nitrogens with zero attached hydrogens (tertiary/aromatic N) is 3. The van der Waals surface area contributed by atoms with Gasteiger partial charge in [0.25, 0.3) is 0 Å². The Morgan fingerprint density at radius 2 is 1.89 bits per heavy atom. The van der Waals surface area contributed by atoms with Crippen molar-refractivity contribution in [2.24, 2.45) is 5.41 Å². The Hall–Kier alpha value is -3.93. The Kier molecular flexibility index (Phi) is 7.48. The number of Topliss-reactive ketones (excluding diaryl/α,β-unsaturated/α-hetero) is 1. The first-order chi connectivity index (χ1) is 17.6. The molecule has 12 heteroatoms. The molecule has 0 saturated carbocycles. The zero-order chi connectivity index (χ0) is 26.6. The number of ether oxygens (including phenoxy) is 1. The standard InChI is InChI=1S/C25H23F4N5O3/c1-15-2-3-20(18(6-15)25(27,28)29)34-17-7-19(26)21(32-11-17)12-33-23(36)24(4-5-37-13-24)8-22(35)16-9-30-14-31-10-16/h2-3,6-7,9-11,14,34H,4-5,8,12-13H2,1H3,(H,33,36)/t24-/m0/s1. The van der Waals surface area contributed by atoms with Crippen LogP contribution in [-0.4, -0.2) is 39.9 Å². The van der Waals surface area contributed by atoms with E-state index in [2.05, 4.69) is 25.6 Å². The van der Waals surface area contributed by atoms with Crippen molar-refractivity contribution in [1.29, 1.82) is 0 Å². The Labute approximate surface area is 209 Å². The summed E-state index contributed by atoms with van der Waals surface area (Å²) in [6, 6.07) is 4.76. The van der Waals surface area contributed by atoms with Crippen molar-refractivity contribution in [3.63, 3.8) is 0 Å². The van der Waals surface area contributed by atoms with Crippen LogP contribution < -0.4 is 10.6 Å². The van der Waals surface area contributed by atoms with Gasteiger partial charge in [0, 0.05) is 31.5 Å². The van der Waals surface area contributed by atoms with Crippen molar-refractivity contribution in [3.05, 3.63) is 77.4 Å². The first-order valence-electron chi connectivity index (χ1n) is 11.3. The Morgan fingerprint density at radius 1 is 1.14 bits per heavy atom.